The number of pyridine rings is 2. The average molecular weight is 274 g/mol. The van der Waals surface area contributed by atoms with Gasteiger partial charge in [-0.25, -0.2) is 14.4 Å². The molecule has 0 fully saturated rings. The third-order valence-electron chi connectivity index (χ3n) is 2.68. The van der Waals surface area contributed by atoms with Crippen molar-refractivity contribution in [3.05, 3.63) is 59.6 Å². The minimum atomic E-state index is -0.330. The Labute approximate surface area is 114 Å². The Hall–Kier alpha value is -2.20. The molecular formula is C14H9ClFN3. The molecule has 3 nitrogen and oxygen atoms in total. The molecular weight excluding hydrogens is 265 g/mol. The van der Waals surface area contributed by atoms with Gasteiger partial charge in [-0.3, -0.25) is 0 Å². The molecule has 0 unspecified atom stereocenters. The number of aromatic nitrogens is 2. The Kier molecular flexibility index (Phi) is 3.01. The molecule has 3 rings (SSSR count). The number of nitrogens with one attached hydrogen (secondary N) is 1. The van der Waals surface area contributed by atoms with E-state index in [0.717, 1.165) is 5.39 Å². The molecule has 5 heteroatoms. The van der Waals surface area contributed by atoms with E-state index in [1.54, 1.807) is 36.5 Å². The van der Waals surface area contributed by atoms with Crippen LogP contribution >= 0.6 is 11.6 Å². The summed E-state index contributed by atoms with van der Waals surface area (Å²) >= 11 is 5.84. The van der Waals surface area contributed by atoms with Crippen LogP contribution in [-0.4, -0.2) is 9.97 Å². The molecule has 0 aliphatic heterocycles. The largest absolute Gasteiger partial charge is 0.338 e. The molecule has 19 heavy (non-hydrogen) atoms. The fraction of sp³-hybridized carbons (Fsp3) is 0. The first-order valence-electron chi connectivity index (χ1n) is 5.66. The first-order valence-corrected chi connectivity index (χ1v) is 6.04. The van der Waals surface area contributed by atoms with Crippen LogP contribution in [0.5, 0.6) is 0 Å². The van der Waals surface area contributed by atoms with E-state index in [9.17, 15) is 4.39 Å². The highest BCUT2D eigenvalue weighted by Gasteiger charge is 2.04. The maximum Gasteiger partial charge on any atom is 0.146 e. The van der Waals surface area contributed by atoms with Crippen LogP contribution < -0.4 is 5.32 Å². The van der Waals surface area contributed by atoms with Crippen LogP contribution in [0.4, 0.5) is 15.9 Å². The second-order valence-electron chi connectivity index (χ2n) is 4.00. The average Bonchev–Trinajstić information content (AvgIpc) is 2.41. The van der Waals surface area contributed by atoms with Gasteiger partial charge in [0.15, 0.2) is 0 Å². The first-order chi connectivity index (χ1) is 9.22. The first kappa shape index (κ1) is 11.9. The Morgan fingerprint density at radius 3 is 2.79 bits per heavy atom. The maximum absolute atomic E-state index is 13.5. The number of nitrogens with zero attached hydrogens (tertiary/aromatic N) is 2. The van der Waals surface area contributed by atoms with Gasteiger partial charge < -0.3 is 5.32 Å². The van der Waals surface area contributed by atoms with E-state index >= 15 is 0 Å². The van der Waals surface area contributed by atoms with Crippen LogP contribution in [-0.2, 0) is 0 Å². The third kappa shape index (κ3) is 2.48. The summed E-state index contributed by atoms with van der Waals surface area (Å²) in [4.78, 5) is 8.40. The SMILES string of the molecule is Fc1ccccc1Nc1cc2nc(Cl)ccc2cn1. The predicted molar refractivity (Wildman–Crippen MR) is 74.2 cm³/mol. The Balaban J connectivity index is 2.00. The number of rotatable bonds is 2. The molecule has 3 aromatic rings. The summed E-state index contributed by atoms with van der Waals surface area (Å²) in [6.07, 6.45) is 1.67. The predicted octanol–water partition coefficient (Wildman–Crippen LogP) is 4.17. The van der Waals surface area contributed by atoms with Gasteiger partial charge in [-0.1, -0.05) is 23.7 Å². The van der Waals surface area contributed by atoms with Crippen LogP contribution in [0.25, 0.3) is 10.9 Å². The smallest absolute Gasteiger partial charge is 0.146 e. The van der Waals surface area contributed by atoms with Crippen molar-refractivity contribution in [2.45, 2.75) is 0 Å². The van der Waals surface area contributed by atoms with Crippen molar-refractivity contribution in [1.29, 1.82) is 0 Å². The summed E-state index contributed by atoms with van der Waals surface area (Å²) in [5.74, 6) is 0.191. The number of para-hydroxylation sites is 1. The molecule has 0 radical (unpaired) electrons. The molecule has 2 heterocycles. The molecule has 94 valence electrons. The highest BCUT2D eigenvalue weighted by Crippen LogP contribution is 2.21. The highest BCUT2D eigenvalue weighted by atomic mass is 35.5. The van der Waals surface area contributed by atoms with Gasteiger partial charge in [0.05, 0.1) is 11.2 Å². The molecule has 0 saturated carbocycles. The monoisotopic (exact) mass is 273 g/mol. The number of benzene rings is 1. The minimum absolute atomic E-state index is 0.330. The summed E-state index contributed by atoms with van der Waals surface area (Å²) in [6.45, 7) is 0. The van der Waals surface area contributed by atoms with Gasteiger partial charge in [-0.05, 0) is 24.3 Å². The van der Waals surface area contributed by atoms with Crippen molar-refractivity contribution in [3.63, 3.8) is 0 Å². The van der Waals surface area contributed by atoms with Crippen LogP contribution in [0.3, 0.4) is 0 Å². The molecule has 0 aliphatic rings. The van der Waals surface area contributed by atoms with Gasteiger partial charge in [0.2, 0.25) is 0 Å². The van der Waals surface area contributed by atoms with Gasteiger partial charge >= 0.3 is 0 Å². The van der Waals surface area contributed by atoms with Gasteiger partial charge in [0, 0.05) is 17.6 Å². The molecule has 2 aromatic heterocycles. The third-order valence-corrected chi connectivity index (χ3v) is 2.89. The molecule has 0 saturated heterocycles. The molecule has 1 N–H and O–H groups in total. The van der Waals surface area contributed by atoms with Gasteiger partial charge in [0.25, 0.3) is 0 Å². The number of anilines is 2. The fourth-order valence-electron chi connectivity index (χ4n) is 1.76. The van der Waals surface area contributed by atoms with E-state index in [2.05, 4.69) is 15.3 Å². The fourth-order valence-corrected chi connectivity index (χ4v) is 1.91. The highest BCUT2D eigenvalue weighted by molar-refractivity contribution is 6.29. The van der Waals surface area contributed by atoms with Gasteiger partial charge in [0.1, 0.15) is 16.8 Å². The van der Waals surface area contributed by atoms with Crippen LogP contribution in [0, 0.1) is 5.82 Å². The number of fused-ring (bicyclic) bond motifs is 1. The van der Waals surface area contributed by atoms with Crippen molar-refractivity contribution in [2.75, 3.05) is 5.32 Å². The van der Waals surface area contributed by atoms with Gasteiger partial charge in [-0.15, -0.1) is 0 Å². The Bertz CT molecular complexity index is 746. The topological polar surface area (TPSA) is 37.8 Å². The lowest BCUT2D eigenvalue weighted by Gasteiger charge is -2.07. The number of hydrogen-bond donors (Lipinski definition) is 1. The van der Waals surface area contributed by atoms with Gasteiger partial charge in [-0.2, -0.15) is 0 Å². The molecule has 1 aromatic carbocycles. The van der Waals surface area contributed by atoms with Crippen molar-refractivity contribution >= 4 is 34.0 Å². The lowest BCUT2D eigenvalue weighted by atomic mass is 10.2. The normalized spacial score (nSPS) is 10.6. The number of hydrogen-bond acceptors (Lipinski definition) is 3. The minimum Gasteiger partial charge on any atom is -0.338 e. The number of halogens is 2. The maximum atomic E-state index is 13.5. The van der Waals surface area contributed by atoms with E-state index in [0.29, 0.717) is 22.2 Å². The van der Waals surface area contributed by atoms with E-state index in [4.69, 9.17) is 11.6 Å². The molecule has 0 atom stereocenters. The molecule has 0 amide bonds. The Morgan fingerprint density at radius 2 is 1.95 bits per heavy atom. The van der Waals surface area contributed by atoms with Crippen LogP contribution in [0.1, 0.15) is 0 Å². The molecule has 0 spiro atoms. The second kappa shape index (κ2) is 4.82. The van der Waals surface area contributed by atoms with Crippen molar-refractivity contribution in [2.24, 2.45) is 0 Å². The summed E-state index contributed by atoms with van der Waals surface area (Å²) in [5.41, 5.74) is 1.08. The van der Waals surface area contributed by atoms with E-state index in [1.807, 2.05) is 6.07 Å². The van der Waals surface area contributed by atoms with Crippen LogP contribution in [0.2, 0.25) is 5.15 Å². The molecule has 0 aliphatic carbocycles. The zero-order valence-corrected chi connectivity index (χ0v) is 10.5. The lowest BCUT2D eigenvalue weighted by molar-refractivity contribution is 0.632. The summed E-state index contributed by atoms with van der Waals surface area (Å²) in [7, 11) is 0. The van der Waals surface area contributed by atoms with E-state index in [1.165, 1.54) is 6.07 Å². The zero-order chi connectivity index (χ0) is 13.2. The standard InChI is InChI=1S/C14H9ClFN3/c15-13-6-5-9-8-17-14(7-12(9)18-13)19-11-4-2-1-3-10(11)16/h1-8H,(H,17,19). The lowest BCUT2D eigenvalue weighted by Crippen LogP contribution is -1.96. The van der Waals surface area contributed by atoms with E-state index in [-0.39, 0.29) is 5.82 Å². The summed E-state index contributed by atoms with van der Waals surface area (Å²) in [6, 6.07) is 11.7. The summed E-state index contributed by atoms with van der Waals surface area (Å²) in [5, 5.41) is 4.21. The quantitative estimate of drug-likeness (QED) is 0.712. The Morgan fingerprint density at radius 1 is 1.11 bits per heavy atom. The van der Waals surface area contributed by atoms with Crippen molar-refractivity contribution in [3.8, 4) is 0 Å². The summed E-state index contributed by atoms with van der Waals surface area (Å²) < 4.78 is 13.5. The van der Waals surface area contributed by atoms with Crippen molar-refractivity contribution < 1.29 is 4.39 Å². The van der Waals surface area contributed by atoms with E-state index < -0.39 is 0 Å². The second-order valence-corrected chi connectivity index (χ2v) is 4.39. The van der Waals surface area contributed by atoms with Crippen molar-refractivity contribution in [1.82, 2.24) is 9.97 Å². The van der Waals surface area contributed by atoms with Crippen LogP contribution in [0.15, 0.2) is 48.7 Å². The zero-order valence-electron chi connectivity index (χ0n) is 9.77. The molecule has 0 bridgehead atoms.